The standard InChI is InChI=1S/C24H48O2/c1-22(2)18-14-10-6-5-7-12-16-20-24(25)26-21-17-13-9-8-11-15-19-23(3)4/h22-23H,5-21H2,1-4H3. The van der Waals surface area contributed by atoms with Crippen molar-refractivity contribution < 1.29 is 9.53 Å². The first-order valence-corrected chi connectivity index (χ1v) is 11.7. The average molecular weight is 369 g/mol. The Morgan fingerprint density at radius 1 is 0.577 bits per heavy atom. The Balaban J connectivity index is 3.18. The molecule has 0 aromatic rings. The Morgan fingerprint density at radius 2 is 0.962 bits per heavy atom. The van der Waals surface area contributed by atoms with Gasteiger partial charge in [-0.1, -0.05) is 111 Å². The molecule has 0 atom stereocenters. The molecule has 0 aromatic carbocycles. The Bertz CT molecular complexity index is 269. The predicted molar refractivity (Wildman–Crippen MR) is 115 cm³/mol. The van der Waals surface area contributed by atoms with Crippen molar-refractivity contribution in [3.8, 4) is 0 Å². The van der Waals surface area contributed by atoms with Crippen LogP contribution in [0.25, 0.3) is 0 Å². The SMILES string of the molecule is CC(C)CCCCCCCCCC(=O)OCCCCCCCCC(C)C. The maximum Gasteiger partial charge on any atom is 0.305 e. The molecule has 0 heterocycles. The highest BCUT2D eigenvalue weighted by Gasteiger charge is 2.02. The van der Waals surface area contributed by atoms with E-state index < -0.39 is 0 Å². The van der Waals surface area contributed by atoms with Crippen molar-refractivity contribution >= 4 is 5.97 Å². The summed E-state index contributed by atoms with van der Waals surface area (Å²) >= 11 is 0. The van der Waals surface area contributed by atoms with Crippen LogP contribution in [0, 0.1) is 11.8 Å². The van der Waals surface area contributed by atoms with Crippen molar-refractivity contribution in [2.75, 3.05) is 6.61 Å². The van der Waals surface area contributed by atoms with Crippen LogP contribution in [-0.2, 0) is 9.53 Å². The second-order valence-electron chi connectivity index (χ2n) is 8.93. The van der Waals surface area contributed by atoms with E-state index in [9.17, 15) is 4.79 Å². The van der Waals surface area contributed by atoms with Crippen molar-refractivity contribution in [1.29, 1.82) is 0 Å². The Kier molecular flexibility index (Phi) is 18.8. The molecule has 2 heteroatoms. The summed E-state index contributed by atoms with van der Waals surface area (Å²) in [6.45, 7) is 9.82. The largest absolute Gasteiger partial charge is 0.466 e. The van der Waals surface area contributed by atoms with Crippen LogP contribution in [0.1, 0.15) is 130 Å². The van der Waals surface area contributed by atoms with Gasteiger partial charge in [-0.2, -0.15) is 0 Å². The van der Waals surface area contributed by atoms with Crippen molar-refractivity contribution in [1.82, 2.24) is 0 Å². The second-order valence-corrected chi connectivity index (χ2v) is 8.93. The molecule has 0 bridgehead atoms. The summed E-state index contributed by atoms with van der Waals surface area (Å²) in [6, 6.07) is 0. The number of ether oxygens (including phenoxy) is 1. The van der Waals surface area contributed by atoms with E-state index in [1.54, 1.807) is 0 Å². The third kappa shape index (κ3) is 21.5. The number of carbonyl (C=O) groups is 1. The minimum absolute atomic E-state index is 0.0128. The molecule has 0 saturated carbocycles. The summed E-state index contributed by atoms with van der Waals surface area (Å²) in [5.74, 6) is 1.69. The highest BCUT2D eigenvalue weighted by Crippen LogP contribution is 2.13. The molecule has 0 aliphatic rings. The zero-order chi connectivity index (χ0) is 19.5. The third-order valence-electron chi connectivity index (χ3n) is 5.10. The molecule has 0 unspecified atom stereocenters. The van der Waals surface area contributed by atoms with Gasteiger partial charge in [0.1, 0.15) is 0 Å². The number of carbonyl (C=O) groups excluding carboxylic acids is 1. The van der Waals surface area contributed by atoms with Crippen LogP contribution in [0.2, 0.25) is 0 Å². The summed E-state index contributed by atoms with van der Waals surface area (Å²) < 4.78 is 5.34. The molecular weight excluding hydrogens is 320 g/mol. The lowest BCUT2D eigenvalue weighted by molar-refractivity contribution is -0.143. The van der Waals surface area contributed by atoms with Gasteiger partial charge in [0.15, 0.2) is 0 Å². The van der Waals surface area contributed by atoms with Crippen molar-refractivity contribution in [2.45, 2.75) is 130 Å². The number of hydrogen-bond donors (Lipinski definition) is 0. The fraction of sp³-hybridized carbons (Fsp3) is 0.958. The fourth-order valence-electron chi connectivity index (χ4n) is 3.33. The third-order valence-corrected chi connectivity index (χ3v) is 5.10. The normalized spacial score (nSPS) is 11.5. The molecule has 0 radical (unpaired) electrons. The van der Waals surface area contributed by atoms with Gasteiger partial charge in [-0.3, -0.25) is 4.79 Å². The molecule has 0 saturated heterocycles. The fourth-order valence-corrected chi connectivity index (χ4v) is 3.33. The highest BCUT2D eigenvalue weighted by molar-refractivity contribution is 5.69. The topological polar surface area (TPSA) is 26.3 Å². The van der Waals surface area contributed by atoms with Gasteiger partial charge in [0.25, 0.3) is 0 Å². The predicted octanol–water partition coefficient (Wildman–Crippen LogP) is 8.08. The number of hydrogen-bond acceptors (Lipinski definition) is 2. The van der Waals surface area contributed by atoms with Crippen LogP contribution >= 0.6 is 0 Å². The lowest BCUT2D eigenvalue weighted by atomic mass is 10.0. The van der Waals surface area contributed by atoms with Crippen molar-refractivity contribution in [2.24, 2.45) is 11.8 Å². The van der Waals surface area contributed by atoms with Gasteiger partial charge in [0.05, 0.1) is 6.61 Å². The van der Waals surface area contributed by atoms with Gasteiger partial charge in [-0.15, -0.1) is 0 Å². The van der Waals surface area contributed by atoms with E-state index in [4.69, 9.17) is 4.74 Å². The molecule has 0 amide bonds. The van der Waals surface area contributed by atoms with E-state index in [0.717, 1.165) is 24.7 Å². The van der Waals surface area contributed by atoms with Crippen molar-refractivity contribution in [3.05, 3.63) is 0 Å². The van der Waals surface area contributed by atoms with Crippen molar-refractivity contribution in [3.63, 3.8) is 0 Å². The molecular formula is C24H48O2. The Morgan fingerprint density at radius 3 is 1.42 bits per heavy atom. The second kappa shape index (κ2) is 19.2. The Hall–Kier alpha value is -0.530. The van der Waals surface area contributed by atoms with Gasteiger partial charge in [0.2, 0.25) is 0 Å². The van der Waals surface area contributed by atoms with Crippen LogP contribution in [0.15, 0.2) is 0 Å². The monoisotopic (exact) mass is 368 g/mol. The van der Waals surface area contributed by atoms with E-state index in [1.165, 1.54) is 83.5 Å². The minimum Gasteiger partial charge on any atom is -0.466 e. The van der Waals surface area contributed by atoms with Crippen LogP contribution < -0.4 is 0 Å². The van der Waals surface area contributed by atoms with E-state index >= 15 is 0 Å². The number of esters is 1. The zero-order valence-corrected chi connectivity index (χ0v) is 18.5. The first-order chi connectivity index (χ1) is 12.5. The first kappa shape index (κ1) is 25.5. The van der Waals surface area contributed by atoms with E-state index in [1.807, 2.05) is 0 Å². The minimum atomic E-state index is 0.0128. The van der Waals surface area contributed by atoms with E-state index in [0.29, 0.717) is 13.0 Å². The van der Waals surface area contributed by atoms with Crippen LogP contribution in [0.4, 0.5) is 0 Å². The molecule has 156 valence electrons. The number of unbranched alkanes of at least 4 members (excludes halogenated alkanes) is 11. The molecule has 2 nitrogen and oxygen atoms in total. The van der Waals surface area contributed by atoms with Gasteiger partial charge >= 0.3 is 5.97 Å². The molecule has 0 rings (SSSR count). The Labute approximate surface area is 164 Å². The molecule has 0 aliphatic heterocycles. The zero-order valence-electron chi connectivity index (χ0n) is 18.5. The summed E-state index contributed by atoms with van der Waals surface area (Å²) in [4.78, 5) is 11.7. The van der Waals surface area contributed by atoms with Gasteiger partial charge in [-0.25, -0.2) is 0 Å². The summed E-state index contributed by atoms with van der Waals surface area (Å²) in [6.07, 6.45) is 19.8. The lowest BCUT2D eigenvalue weighted by Gasteiger charge is -2.06. The molecule has 26 heavy (non-hydrogen) atoms. The summed E-state index contributed by atoms with van der Waals surface area (Å²) in [7, 11) is 0. The van der Waals surface area contributed by atoms with Gasteiger partial charge in [-0.05, 0) is 24.7 Å². The smallest absolute Gasteiger partial charge is 0.305 e. The van der Waals surface area contributed by atoms with Crippen LogP contribution in [0.3, 0.4) is 0 Å². The number of rotatable bonds is 19. The summed E-state index contributed by atoms with van der Waals surface area (Å²) in [5.41, 5.74) is 0. The van der Waals surface area contributed by atoms with Gasteiger partial charge < -0.3 is 4.74 Å². The molecule has 0 spiro atoms. The lowest BCUT2D eigenvalue weighted by Crippen LogP contribution is -2.05. The quantitative estimate of drug-likeness (QED) is 0.170. The van der Waals surface area contributed by atoms with Gasteiger partial charge in [0, 0.05) is 6.42 Å². The molecule has 0 fully saturated rings. The molecule has 0 aliphatic carbocycles. The maximum atomic E-state index is 11.7. The summed E-state index contributed by atoms with van der Waals surface area (Å²) in [5, 5.41) is 0. The van der Waals surface area contributed by atoms with Crippen LogP contribution in [0.5, 0.6) is 0 Å². The van der Waals surface area contributed by atoms with E-state index in [2.05, 4.69) is 27.7 Å². The first-order valence-electron chi connectivity index (χ1n) is 11.7. The van der Waals surface area contributed by atoms with E-state index in [-0.39, 0.29) is 5.97 Å². The highest BCUT2D eigenvalue weighted by atomic mass is 16.5. The molecule has 0 aromatic heterocycles. The van der Waals surface area contributed by atoms with Crippen LogP contribution in [-0.4, -0.2) is 12.6 Å². The maximum absolute atomic E-state index is 11.7. The molecule has 0 N–H and O–H groups in total. The average Bonchev–Trinajstić information content (AvgIpc) is 2.58.